The number of hydrogen-bond acceptors (Lipinski definition) is 2. The van der Waals surface area contributed by atoms with Crippen LogP contribution < -0.4 is 4.90 Å². The second kappa shape index (κ2) is 7.98. The number of aromatic nitrogens is 1. The van der Waals surface area contributed by atoms with Crippen LogP contribution in [0.2, 0.25) is 5.15 Å². The zero-order valence-corrected chi connectivity index (χ0v) is 15.6. The van der Waals surface area contributed by atoms with E-state index in [1.165, 1.54) is 16.0 Å². The van der Waals surface area contributed by atoms with Crippen LogP contribution in [0.5, 0.6) is 0 Å². The van der Waals surface area contributed by atoms with Gasteiger partial charge in [-0.1, -0.05) is 49.7 Å². The van der Waals surface area contributed by atoms with Gasteiger partial charge in [0.2, 0.25) is 0 Å². The lowest BCUT2D eigenvalue weighted by molar-refractivity contribution is -0.917. The van der Waals surface area contributed by atoms with Gasteiger partial charge in [-0.3, -0.25) is 4.79 Å². The topological polar surface area (TPSA) is 37.6 Å². The number of piperazine rings is 1. The lowest BCUT2D eigenvalue weighted by Gasteiger charge is -2.32. The first kappa shape index (κ1) is 17.9. The molecule has 3 rings (SSSR count). The number of carbonyl (C=O) groups excluding carboxylic acids is 1. The summed E-state index contributed by atoms with van der Waals surface area (Å²) in [6.07, 6.45) is 1.56. The number of carbonyl (C=O) groups is 1. The molecule has 4 nitrogen and oxygen atoms in total. The van der Waals surface area contributed by atoms with Crippen LogP contribution in [0.25, 0.3) is 0 Å². The van der Waals surface area contributed by atoms with Gasteiger partial charge in [0, 0.05) is 11.8 Å². The molecule has 0 saturated carbocycles. The molecule has 1 amide bonds. The van der Waals surface area contributed by atoms with E-state index in [1.54, 1.807) is 18.3 Å². The summed E-state index contributed by atoms with van der Waals surface area (Å²) in [5.74, 6) is 0.614. The molecule has 0 unspecified atom stereocenters. The molecule has 0 aliphatic carbocycles. The van der Waals surface area contributed by atoms with Crippen LogP contribution in [-0.2, 0) is 6.54 Å². The summed E-state index contributed by atoms with van der Waals surface area (Å²) in [6.45, 7) is 8.95. The van der Waals surface area contributed by atoms with E-state index < -0.39 is 0 Å². The van der Waals surface area contributed by atoms with Crippen LogP contribution in [0.15, 0.2) is 42.6 Å². The van der Waals surface area contributed by atoms with Crippen molar-refractivity contribution in [2.24, 2.45) is 0 Å². The molecule has 0 spiro atoms. The van der Waals surface area contributed by atoms with Crippen molar-refractivity contribution in [3.8, 4) is 0 Å². The van der Waals surface area contributed by atoms with Crippen LogP contribution in [0.1, 0.15) is 41.3 Å². The fraction of sp³-hybridized carbons (Fsp3) is 0.400. The summed E-state index contributed by atoms with van der Waals surface area (Å²) in [5.41, 5.74) is 3.35. The number of hydrogen-bond donors (Lipinski definition) is 1. The van der Waals surface area contributed by atoms with Gasteiger partial charge < -0.3 is 9.80 Å². The van der Waals surface area contributed by atoms with Crippen LogP contribution in [-0.4, -0.2) is 42.0 Å². The number of amides is 1. The van der Waals surface area contributed by atoms with Crippen molar-refractivity contribution in [2.75, 3.05) is 26.2 Å². The number of pyridine rings is 1. The van der Waals surface area contributed by atoms with Gasteiger partial charge in [0.25, 0.3) is 5.91 Å². The van der Waals surface area contributed by atoms with Crippen LogP contribution in [0.4, 0.5) is 0 Å². The third-order valence-corrected chi connectivity index (χ3v) is 5.06. The zero-order valence-electron chi connectivity index (χ0n) is 14.8. The molecule has 2 aromatic rings. The lowest BCUT2D eigenvalue weighted by atomic mass is 10.0. The highest BCUT2D eigenvalue weighted by molar-refractivity contribution is 6.29. The van der Waals surface area contributed by atoms with Gasteiger partial charge in [0.05, 0.1) is 31.7 Å². The van der Waals surface area contributed by atoms with E-state index >= 15 is 0 Å². The molecule has 1 aliphatic heterocycles. The van der Waals surface area contributed by atoms with Crippen molar-refractivity contribution in [2.45, 2.75) is 26.3 Å². The van der Waals surface area contributed by atoms with E-state index in [1.807, 2.05) is 4.90 Å². The van der Waals surface area contributed by atoms with Crippen LogP contribution >= 0.6 is 11.6 Å². The number of benzene rings is 1. The molecule has 1 saturated heterocycles. The molecular formula is C20H25ClN3O+. The maximum atomic E-state index is 12.5. The largest absolute Gasteiger partial charge is 0.328 e. The maximum Gasteiger partial charge on any atom is 0.255 e. The van der Waals surface area contributed by atoms with Crippen molar-refractivity contribution in [3.63, 3.8) is 0 Å². The second-order valence-corrected chi connectivity index (χ2v) is 7.37. The van der Waals surface area contributed by atoms with E-state index in [9.17, 15) is 4.79 Å². The predicted octanol–water partition coefficient (Wildman–Crippen LogP) is 2.40. The Labute approximate surface area is 154 Å². The van der Waals surface area contributed by atoms with Crippen molar-refractivity contribution in [3.05, 3.63) is 64.4 Å². The standard InChI is InChI=1S/C20H24ClN3O/c1-15(2)17-5-3-16(4-6-17)14-23-9-11-24(12-10-23)20(25)18-7-8-19(21)22-13-18/h3-8,13,15H,9-12,14H2,1-2H3/p+1. The Kier molecular flexibility index (Phi) is 5.71. The van der Waals surface area contributed by atoms with E-state index in [4.69, 9.17) is 11.6 Å². The zero-order chi connectivity index (χ0) is 17.8. The van der Waals surface area contributed by atoms with Gasteiger partial charge in [0.1, 0.15) is 11.7 Å². The minimum atomic E-state index is 0.0458. The van der Waals surface area contributed by atoms with Gasteiger partial charge in [-0.05, 0) is 23.6 Å². The summed E-state index contributed by atoms with van der Waals surface area (Å²) < 4.78 is 0. The molecule has 1 aliphatic rings. The Balaban J connectivity index is 1.53. The van der Waals surface area contributed by atoms with Gasteiger partial charge in [-0.15, -0.1) is 0 Å². The number of nitrogens with one attached hydrogen (secondary N) is 1. The average Bonchev–Trinajstić information content (AvgIpc) is 2.63. The van der Waals surface area contributed by atoms with Crippen molar-refractivity contribution < 1.29 is 9.69 Å². The summed E-state index contributed by atoms with van der Waals surface area (Å²) in [5, 5.41) is 0.411. The first-order chi connectivity index (χ1) is 12.0. The summed E-state index contributed by atoms with van der Waals surface area (Å²) in [6, 6.07) is 12.3. The monoisotopic (exact) mass is 358 g/mol. The molecular weight excluding hydrogens is 334 g/mol. The summed E-state index contributed by atoms with van der Waals surface area (Å²) >= 11 is 5.79. The Hall–Kier alpha value is -1.91. The Morgan fingerprint density at radius 2 is 1.84 bits per heavy atom. The van der Waals surface area contributed by atoms with Crippen molar-refractivity contribution in [1.82, 2.24) is 9.88 Å². The minimum Gasteiger partial charge on any atom is -0.328 e. The van der Waals surface area contributed by atoms with Crippen LogP contribution in [0, 0.1) is 0 Å². The Morgan fingerprint density at radius 3 is 2.40 bits per heavy atom. The summed E-state index contributed by atoms with van der Waals surface area (Å²) in [7, 11) is 0. The fourth-order valence-corrected chi connectivity index (χ4v) is 3.31. The van der Waals surface area contributed by atoms with Gasteiger partial charge in [0.15, 0.2) is 0 Å². The molecule has 2 heterocycles. The molecule has 132 valence electrons. The van der Waals surface area contributed by atoms with E-state index in [0.29, 0.717) is 16.6 Å². The molecule has 25 heavy (non-hydrogen) atoms. The number of rotatable bonds is 4. The highest BCUT2D eigenvalue weighted by Crippen LogP contribution is 2.14. The number of nitrogens with zero attached hydrogens (tertiary/aromatic N) is 2. The molecule has 0 atom stereocenters. The summed E-state index contributed by atoms with van der Waals surface area (Å²) in [4.78, 5) is 19.9. The molecule has 1 aromatic carbocycles. The Morgan fingerprint density at radius 1 is 1.16 bits per heavy atom. The SMILES string of the molecule is CC(C)c1ccc(C[NH+]2CCN(C(=O)c3ccc(Cl)nc3)CC2)cc1. The fourth-order valence-electron chi connectivity index (χ4n) is 3.20. The highest BCUT2D eigenvalue weighted by atomic mass is 35.5. The van der Waals surface area contributed by atoms with E-state index in [-0.39, 0.29) is 5.91 Å². The average molecular weight is 359 g/mol. The molecule has 1 N–H and O–H groups in total. The van der Waals surface area contributed by atoms with Gasteiger partial charge in [-0.2, -0.15) is 0 Å². The predicted molar refractivity (Wildman–Crippen MR) is 100 cm³/mol. The third kappa shape index (κ3) is 4.59. The van der Waals surface area contributed by atoms with Crippen molar-refractivity contribution in [1.29, 1.82) is 0 Å². The smallest absolute Gasteiger partial charge is 0.255 e. The van der Waals surface area contributed by atoms with Crippen molar-refractivity contribution >= 4 is 17.5 Å². The van der Waals surface area contributed by atoms with Gasteiger partial charge >= 0.3 is 0 Å². The van der Waals surface area contributed by atoms with E-state index in [2.05, 4.69) is 43.1 Å². The first-order valence-corrected chi connectivity index (χ1v) is 9.24. The molecule has 0 bridgehead atoms. The van der Waals surface area contributed by atoms with Gasteiger partial charge in [-0.25, -0.2) is 4.98 Å². The molecule has 1 fully saturated rings. The third-order valence-electron chi connectivity index (χ3n) is 4.83. The molecule has 5 heteroatoms. The molecule has 1 aromatic heterocycles. The molecule has 0 radical (unpaired) electrons. The second-order valence-electron chi connectivity index (χ2n) is 6.98. The number of halogens is 1. The lowest BCUT2D eigenvalue weighted by Crippen LogP contribution is -3.13. The quantitative estimate of drug-likeness (QED) is 0.852. The number of quaternary nitrogens is 1. The first-order valence-electron chi connectivity index (χ1n) is 8.86. The van der Waals surface area contributed by atoms with Crippen LogP contribution in [0.3, 0.4) is 0 Å². The van der Waals surface area contributed by atoms with E-state index in [0.717, 1.165) is 32.7 Å². The Bertz CT molecular complexity index is 705. The minimum absolute atomic E-state index is 0.0458. The normalized spacial score (nSPS) is 15.6. The highest BCUT2D eigenvalue weighted by Gasteiger charge is 2.24. The maximum absolute atomic E-state index is 12.5.